The van der Waals surface area contributed by atoms with Gasteiger partial charge in [-0.15, -0.1) is 24.5 Å². The van der Waals surface area contributed by atoms with Crippen molar-refractivity contribution >= 4 is 22.4 Å². The molecule has 2 aromatic carbocycles. The molecule has 0 radical (unpaired) electrons. The molecule has 1 aromatic heterocycles. The Kier molecular flexibility index (Phi) is 5.99. The molecule has 1 N–H and O–H groups in total. The molecule has 1 heterocycles. The smallest absolute Gasteiger partial charge is 0.406 e. The molecule has 146 valence electrons. The number of alkyl halides is 3. The number of aryl methyl sites for hydroxylation is 1. The lowest BCUT2D eigenvalue weighted by Crippen LogP contribution is -2.17. The van der Waals surface area contributed by atoms with Gasteiger partial charge in [0.2, 0.25) is 0 Å². The van der Waals surface area contributed by atoms with Crippen LogP contribution in [0.5, 0.6) is 5.75 Å². The number of carbonyl (C=O) groups is 1. The molecule has 4 nitrogen and oxygen atoms in total. The summed E-state index contributed by atoms with van der Waals surface area (Å²) in [6.45, 7) is 2.13. The van der Waals surface area contributed by atoms with E-state index in [1.807, 2.05) is 17.5 Å². The third-order valence-electron chi connectivity index (χ3n) is 3.86. The lowest BCUT2D eigenvalue weighted by Gasteiger charge is -2.09. The fraction of sp³-hybridized carbons (Fsp3) is 0.200. The standard InChI is InChI=1S/C20H17F3N2O2S/c1-2-3-13-4-6-14(7-5-13)17-12-28-19(24-17)25-18(26)15-8-10-16(11-9-15)27-20(21,22)23/h4-12H,2-3H2,1H3,(H,24,25,26). The van der Waals surface area contributed by atoms with Gasteiger partial charge in [0.05, 0.1) is 5.69 Å². The number of rotatable bonds is 6. The van der Waals surface area contributed by atoms with Crippen molar-refractivity contribution in [1.29, 1.82) is 0 Å². The SMILES string of the molecule is CCCc1ccc(-c2csc(NC(=O)c3ccc(OC(F)(F)F)cc3)n2)cc1. The van der Waals surface area contributed by atoms with Crippen LogP contribution in [0.2, 0.25) is 0 Å². The molecule has 28 heavy (non-hydrogen) atoms. The van der Waals surface area contributed by atoms with Gasteiger partial charge in [-0.25, -0.2) is 4.98 Å². The number of nitrogens with zero attached hydrogens (tertiary/aromatic N) is 1. The van der Waals surface area contributed by atoms with E-state index in [-0.39, 0.29) is 11.3 Å². The van der Waals surface area contributed by atoms with Crippen LogP contribution in [0, 0.1) is 0 Å². The number of aromatic nitrogens is 1. The summed E-state index contributed by atoms with van der Waals surface area (Å²) < 4.78 is 40.3. The second-order valence-electron chi connectivity index (χ2n) is 6.01. The number of anilines is 1. The molecule has 1 amide bonds. The van der Waals surface area contributed by atoms with Crippen molar-refractivity contribution in [3.05, 3.63) is 65.0 Å². The maximum atomic E-state index is 12.3. The van der Waals surface area contributed by atoms with E-state index in [1.54, 1.807) is 0 Å². The zero-order valence-electron chi connectivity index (χ0n) is 14.9. The molecule has 0 spiro atoms. The zero-order valence-corrected chi connectivity index (χ0v) is 15.7. The molecule has 3 rings (SSSR count). The number of halogens is 3. The number of thiazole rings is 1. The van der Waals surface area contributed by atoms with Gasteiger partial charge in [0.1, 0.15) is 5.75 Å². The summed E-state index contributed by atoms with van der Waals surface area (Å²) in [7, 11) is 0. The molecule has 0 saturated heterocycles. The molecule has 0 bridgehead atoms. The normalized spacial score (nSPS) is 11.3. The molecule has 0 saturated carbocycles. The topological polar surface area (TPSA) is 51.2 Å². The summed E-state index contributed by atoms with van der Waals surface area (Å²) in [5.41, 5.74) is 3.16. The quantitative estimate of drug-likeness (QED) is 0.553. The Morgan fingerprint density at radius 1 is 1.11 bits per heavy atom. The third-order valence-corrected chi connectivity index (χ3v) is 4.62. The lowest BCUT2D eigenvalue weighted by atomic mass is 10.1. The molecule has 0 aliphatic heterocycles. The van der Waals surface area contributed by atoms with Crippen LogP contribution in [0.4, 0.5) is 18.3 Å². The number of hydrogen-bond acceptors (Lipinski definition) is 4. The van der Waals surface area contributed by atoms with E-state index in [0.717, 1.165) is 36.2 Å². The van der Waals surface area contributed by atoms with E-state index in [2.05, 4.69) is 34.1 Å². The van der Waals surface area contributed by atoms with Gasteiger partial charge in [0.25, 0.3) is 5.91 Å². The van der Waals surface area contributed by atoms with E-state index in [9.17, 15) is 18.0 Å². The monoisotopic (exact) mass is 406 g/mol. The van der Waals surface area contributed by atoms with E-state index in [0.29, 0.717) is 5.13 Å². The molecular formula is C20H17F3N2O2S. The predicted molar refractivity (Wildman–Crippen MR) is 103 cm³/mol. The van der Waals surface area contributed by atoms with Gasteiger partial charge >= 0.3 is 6.36 Å². The van der Waals surface area contributed by atoms with E-state index >= 15 is 0 Å². The Morgan fingerprint density at radius 3 is 2.39 bits per heavy atom. The van der Waals surface area contributed by atoms with Crippen LogP contribution < -0.4 is 10.1 Å². The average molecular weight is 406 g/mol. The number of benzene rings is 2. The molecule has 0 aliphatic rings. The van der Waals surface area contributed by atoms with Crippen molar-refractivity contribution in [2.45, 2.75) is 26.1 Å². The van der Waals surface area contributed by atoms with Gasteiger partial charge in [0, 0.05) is 16.5 Å². The number of hydrogen-bond donors (Lipinski definition) is 1. The Hall–Kier alpha value is -2.87. The van der Waals surface area contributed by atoms with Crippen molar-refractivity contribution in [1.82, 2.24) is 4.98 Å². The van der Waals surface area contributed by atoms with Gasteiger partial charge in [0.15, 0.2) is 5.13 Å². The molecular weight excluding hydrogens is 389 g/mol. The minimum atomic E-state index is -4.77. The maximum absolute atomic E-state index is 12.3. The highest BCUT2D eigenvalue weighted by Gasteiger charge is 2.31. The van der Waals surface area contributed by atoms with Crippen molar-refractivity contribution in [3.8, 4) is 17.0 Å². The lowest BCUT2D eigenvalue weighted by molar-refractivity contribution is -0.274. The van der Waals surface area contributed by atoms with E-state index in [1.165, 1.54) is 29.0 Å². The van der Waals surface area contributed by atoms with Gasteiger partial charge in [-0.1, -0.05) is 37.6 Å². The van der Waals surface area contributed by atoms with Gasteiger partial charge in [-0.3, -0.25) is 10.1 Å². The first kappa shape index (κ1) is 19.9. The predicted octanol–water partition coefficient (Wildman–Crippen LogP) is 5.91. The molecule has 0 fully saturated rings. The average Bonchev–Trinajstić information content (AvgIpc) is 3.10. The summed E-state index contributed by atoms with van der Waals surface area (Å²) >= 11 is 1.28. The summed E-state index contributed by atoms with van der Waals surface area (Å²) in [5, 5.41) is 4.90. The maximum Gasteiger partial charge on any atom is 0.573 e. The fourth-order valence-electron chi connectivity index (χ4n) is 2.57. The van der Waals surface area contributed by atoms with E-state index in [4.69, 9.17) is 0 Å². The molecule has 8 heteroatoms. The molecule has 0 unspecified atom stereocenters. The number of amides is 1. The largest absolute Gasteiger partial charge is 0.573 e. The van der Waals surface area contributed by atoms with E-state index < -0.39 is 12.3 Å². The van der Waals surface area contributed by atoms with Crippen molar-refractivity contribution in [2.75, 3.05) is 5.32 Å². The highest BCUT2D eigenvalue weighted by atomic mass is 32.1. The second-order valence-corrected chi connectivity index (χ2v) is 6.87. The van der Waals surface area contributed by atoms with Crippen molar-refractivity contribution in [2.24, 2.45) is 0 Å². The fourth-order valence-corrected chi connectivity index (χ4v) is 3.29. The van der Waals surface area contributed by atoms with Crippen LogP contribution in [-0.2, 0) is 6.42 Å². The van der Waals surface area contributed by atoms with Gasteiger partial charge < -0.3 is 4.74 Å². The van der Waals surface area contributed by atoms with Crippen LogP contribution in [-0.4, -0.2) is 17.3 Å². The first-order valence-electron chi connectivity index (χ1n) is 8.56. The number of nitrogens with one attached hydrogen (secondary N) is 1. The number of ether oxygens (including phenoxy) is 1. The first-order valence-corrected chi connectivity index (χ1v) is 9.44. The van der Waals surface area contributed by atoms with Crippen LogP contribution in [0.15, 0.2) is 53.9 Å². The number of carbonyl (C=O) groups excluding carboxylic acids is 1. The van der Waals surface area contributed by atoms with Crippen LogP contribution >= 0.6 is 11.3 Å². The summed E-state index contributed by atoms with van der Waals surface area (Å²) in [4.78, 5) is 16.7. The first-order chi connectivity index (χ1) is 13.3. The molecule has 3 aromatic rings. The Balaban J connectivity index is 1.65. The minimum absolute atomic E-state index is 0.204. The third kappa shape index (κ3) is 5.32. The van der Waals surface area contributed by atoms with Crippen LogP contribution in [0.3, 0.4) is 0 Å². The second kappa shape index (κ2) is 8.43. The Bertz CT molecular complexity index is 935. The molecule has 0 aliphatic carbocycles. The Morgan fingerprint density at radius 2 is 1.79 bits per heavy atom. The van der Waals surface area contributed by atoms with Crippen LogP contribution in [0.25, 0.3) is 11.3 Å². The van der Waals surface area contributed by atoms with Gasteiger partial charge in [-0.05, 0) is 36.2 Å². The molecule has 0 atom stereocenters. The van der Waals surface area contributed by atoms with Crippen molar-refractivity contribution < 1.29 is 22.7 Å². The summed E-state index contributed by atoms with van der Waals surface area (Å²) in [6, 6.07) is 12.8. The van der Waals surface area contributed by atoms with Crippen molar-refractivity contribution in [3.63, 3.8) is 0 Å². The minimum Gasteiger partial charge on any atom is -0.406 e. The van der Waals surface area contributed by atoms with Gasteiger partial charge in [-0.2, -0.15) is 0 Å². The highest BCUT2D eigenvalue weighted by Crippen LogP contribution is 2.26. The Labute approximate surface area is 164 Å². The zero-order chi connectivity index (χ0) is 20.1. The summed E-state index contributed by atoms with van der Waals surface area (Å²) in [5.74, 6) is -0.843. The highest BCUT2D eigenvalue weighted by molar-refractivity contribution is 7.14. The van der Waals surface area contributed by atoms with Crippen LogP contribution in [0.1, 0.15) is 29.3 Å². The summed E-state index contributed by atoms with van der Waals surface area (Å²) in [6.07, 6.45) is -2.67.